The van der Waals surface area contributed by atoms with Gasteiger partial charge in [-0.25, -0.2) is 0 Å². The molecule has 0 aromatic carbocycles. The molecule has 1 aromatic rings. The Labute approximate surface area is 106 Å². The molecule has 0 aliphatic carbocycles. The van der Waals surface area contributed by atoms with E-state index in [2.05, 4.69) is 13.8 Å². The minimum atomic E-state index is 0.123. The fourth-order valence-electron chi connectivity index (χ4n) is 2.28. The Kier molecular flexibility index (Phi) is 3.84. The van der Waals surface area contributed by atoms with Crippen LogP contribution in [-0.2, 0) is 6.42 Å². The summed E-state index contributed by atoms with van der Waals surface area (Å²) in [5.41, 5.74) is 0. The van der Waals surface area contributed by atoms with Gasteiger partial charge in [0, 0.05) is 30.5 Å². The fourth-order valence-corrected chi connectivity index (χ4v) is 3.19. The Hall–Kier alpha value is -0.870. The van der Waals surface area contributed by atoms with Crippen molar-refractivity contribution < 1.29 is 9.90 Å². The highest BCUT2D eigenvalue weighted by atomic mass is 32.1. The number of hydrogen-bond acceptors (Lipinski definition) is 3. The molecule has 0 bridgehead atoms. The summed E-state index contributed by atoms with van der Waals surface area (Å²) in [6.45, 7) is 5.83. The van der Waals surface area contributed by atoms with Gasteiger partial charge in [0.15, 0.2) is 0 Å². The molecule has 4 heteroatoms. The largest absolute Gasteiger partial charge is 0.396 e. The molecule has 1 aromatic heterocycles. The Balaban J connectivity index is 2.06. The standard InChI is InChI=1S/C13H19NO2S/c1-3-11-4-5-12(17-11)13(16)14-6-9(2)10(7-14)8-15/h4-5,9-10,15H,3,6-8H2,1-2H3/t9-,10+/m1/s1. The van der Waals surface area contributed by atoms with Crippen LogP contribution < -0.4 is 0 Å². The van der Waals surface area contributed by atoms with Crippen LogP contribution in [0, 0.1) is 11.8 Å². The van der Waals surface area contributed by atoms with Crippen LogP contribution in [0.5, 0.6) is 0 Å². The molecule has 1 amide bonds. The number of amides is 1. The maximum Gasteiger partial charge on any atom is 0.263 e. The van der Waals surface area contributed by atoms with Crippen molar-refractivity contribution in [3.05, 3.63) is 21.9 Å². The molecule has 17 heavy (non-hydrogen) atoms. The molecular weight excluding hydrogens is 234 g/mol. The zero-order chi connectivity index (χ0) is 12.4. The second kappa shape index (κ2) is 5.19. The van der Waals surface area contributed by atoms with Gasteiger partial charge in [-0.1, -0.05) is 13.8 Å². The van der Waals surface area contributed by atoms with E-state index in [-0.39, 0.29) is 18.4 Å². The Bertz CT molecular complexity index is 402. The summed E-state index contributed by atoms with van der Waals surface area (Å²) < 4.78 is 0. The van der Waals surface area contributed by atoms with E-state index in [1.54, 1.807) is 11.3 Å². The van der Waals surface area contributed by atoms with Crippen LogP contribution in [0.2, 0.25) is 0 Å². The summed E-state index contributed by atoms with van der Waals surface area (Å²) in [4.78, 5) is 16.2. The monoisotopic (exact) mass is 253 g/mol. The summed E-state index contributed by atoms with van der Waals surface area (Å²) in [6.07, 6.45) is 0.980. The first-order valence-corrected chi connectivity index (χ1v) is 6.96. The van der Waals surface area contributed by atoms with Gasteiger partial charge in [-0.2, -0.15) is 0 Å². The molecule has 0 radical (unpaired) electrons. The molecule has 2 rings (SSSR count). The van der Waals surface area contributed by atoms with Crippen LogP contribution in [0.1, 0.15) is 28.4 Å². The van der Waals surface area contributed by atoms with E-state index in [4.69, 9.17) is 0 Å². The molecule has 2 heterocycles. The van der Waals surface area contributed by atoms with Gasteiger partial charge in [0.25, 0.3) is 5.91 Å². The van der Waals surface area contributed by atoms with E-state index in [9.17, 15) is 9.90 Å². The summed E-state index contributed by atoms with van der Waals surface area (Å²) in [5, 5.41) is 9.21. The summed E-state index contributed by atoms with van der Waals surface area (Å²) in [5.74, 6) is 0.761. The number of aliphatic hydroxyl groups excluding tert-OH is 1. The van der Waals surface area contributed by atoms with Crippen LogP contribution in [0.3, 0.4) is 0 Å². The van der Waals surface area contributed by atoms with Crippen LogP contribution in [-0.4, -0.2) is 35.6 Å². The Morgan fingerprint density at radius 1 is 1.53 bits per heavy atom. The third-order valence-corrected chi connectivity index (χ3v) is 4.73. The van der Waals surface area contributed by atoms with E-state index >= 15 is 0 Å². The average molecular weight is 253 g/mol. The molecule has 94 valence electrons. The average Bonchev–Trinajstić information content (AvgIpc) is 2.94. The van der Waals surface area contributed by atoms with E-state index < -0.39 is 0 Å². The predicted octanol–water partition coefficient (Wildman–Crippen LogP) is 2.01. The zero-order valence-electron chi connectivity index (χ0n) is 10.3. The number of thiophene rings is 1. The van der Waals surface area contributed by atoms with Gasteiger partial charge < -0.3 is 10.0 Å². The van der Waals surface area contributed by atoms with Crippen LogP contribution in [0.15, 0.2) is 12.1 Å². The van der Waals surface area contributed by atoms with Crippen molar-refractivity contribution >= 4 is 17.2 Å². The summed E-state index contributed by atoms with van der Waals surface area (Å²) in [7, 11) is 0. The number of carbonyl (C=O) groups excluding carboxylic acids is 1. The van der Waals surface area contributed by atoms with Gasteiger partial charge in [-0.15, -0.1) is 11.3 Å². The van der Waals surface area contributed by atoms with Crippen LogP contribution in [0.4, 0.5) is 0 Å². The number of carbonyl (C=O) groups is 1. The molecule has 1 saturated heterocycles. The summed E-state index contributed by atoms with van der Waals surface area (Å²) in [6, 6.07) is 3.95. The van der Waals surface area contributed by atoms with Crippen LogP contribution in [0.25, 0.3) is 0 Å². The first kappa shape index (κ1) is 12.6. The van der Waals surface area contributed by atoms with E-state index in [0.717, 1.165) is 17.8 Å². The molecule has 1 aliphatic heterocycles. The third kappa shape index (κ3) is 2.53. The lowest BCUT2D eigenvalue weighted by atomic mass is 10.00. The highest BCUT2D eigenvalue weighted by Gasteiger charge is 2.32. The third-order valence-electron chi connectivity index (χ3n) is 3.51. The fraction of sp³-hybridized carbons (Fsp3) is 0.615. The van der Waals surface area contributed by atoms with Gasteiger partial charge in [0.2, 0.25) is 0 Å². The van der Waals surface area contributed by atoms with Gasteiger partial charge in [-0.05, 0) is 24.5 Å². The second-order valence-electron chi connectivity index (χ2n) is 4.75. The van der Waals surface area contributed by atoms with Crippen molar-refractivity contribution in [1.29, 1.82) is 0 Å². The smallest absolute Gasteiger partial charge is 0.263 e. The number of nitrogens with zero attached hydrogens (tertiary/aromatic N) is 1. The van der Waals surface area contributed by atoms with Crippen molar-refractivity contribution in [2.75, 3.05) is 19.7 Å². The van der Waals surface area contributed by atoms with Crippen molar-refractivity contribution in [1.82, 2.24) is 4.90 Å². The maximum absolute atomic E-state index is 12.2. The highest BCUT2D eigenvalue weighted by molar-refractivity contribution is 7.14. The minimum Gasteiger partial charge on any atom is -0.396 e. The molecule has 0 unspecified atom stereocenters. The topological polar surface area (TPSA) is 40.5 Å². The number of likely N-dealkylation sites (tertiary alicyclic amines) is 1. The van der Waals surface area contributed by atoms with Gasteiger partial charge >= 0.3 is 0 Å². The van der Waals surface area contributed by atoms with Crippen molar-refractivity contribution in [2.24, 2.45) is 11.8 Å². The van der Waals surface area contributed by atoms with E-state index in [1.807, 2.05) is 17.0 Å². The van der Waals surface area contributed by atoms with Gasteiger partial charge in [-0.3, -0.25) is 4.79 Å². The molecule has 1 N–H and O–H groups in total. The molecule has 0 saturated carbocycles. The lowest BCUT2D eigenvalue weighted by Gasteiger charge is -2.14. The molecule has 0 spiro atoms. The maximum atomic E-state index is 12.2. The number of hydrogen-bond donors (Lipinski definition) is 1. The first-order chi connectivity index (χ1) is 8.15. The molecular formula is C13H19NO2S. The summed E-state index contributed by atoms with van der Waals surface area (Å²) >= 11 is 1.58. The quantitative estimate of drug-likeness (QED) is 0.895. The minimum absolute atomic E-state index is 0.123. The van der Waals surface area contributed by atoms with E-state index in [0.29, 0.717) is 12.5 Å². The molecule has 1 fully saturated rings. The molecule has 2 atom stereocenters. The van der Waals surface area contributed by atoms with Crippen molar-refractivity contribution in [3.8, 4) is 0 Å². The number of aryl methyl sites for hydroxylation is 1. The lowest BCUT2D eigenvalue weighted by molar-refractivity contribution is 0.0785. The zero-order valence-corrected chi connectivity index (χ0v) is 11.2. The second-order valence-corrected chi connectivity index (χ2v) is 5.92. The Morgan fingerprint density at radius 2 is 2.29 bits per heavy atom. The molecule has 3 nitrogen and oxygen atoms in total. The van der Waals surface area contributed by atoms with Gasteiger partial charge in [0.05, 0.1) is 4.88 Å². The van der Waals surface area contributed by atoms with Crippen molar-refractivity contribution in [2.45, 2.75) is 20.3 Å². The predicted molar refractivity (Wildman–Crippen MR) is 69.3 cm³/mol. The first-order valence-electron chi connectivity index (χ1n) is 6.14. The van der Waals surface area contributed by atoms with Gasteiger partial charge in [0.1, 0.15) is 0 Å². The number of aliphatic hydroxyl groups is 1. The van der Waals surface area contributed by atoms with E-state index in [1.165, 1.54) is 4.88 Å². The Morgan fingerprint density at radius 3 is 2.82 bits per heavy atom. The SMILES string of the molecule is CCc1ccc(C(=O)N2C[C@@H](CO)[C@H](C)C2)s1. The molecule has 1 aliphatic rings. The van der Waals surface area contributed by atoms with Crippen molar-refractivity contribution in [3.63, 3.8) is 0 Å². The number of rotatable bonds is 3. The normalized spacial score (nSPS) is 24.3. The van der Waals surface area contributed by atoms with Crippen LogP contribution >= 0.6 is 11.3 Å². The highest BCUT2D eigenvalue weighted by Crippen LogP contribution is 2.26. The lowest BCUT2D eigenvalue weighted by Crippen LogP contribution is -2.28.